The van der Waals surface area contributed by atoms with Crippen LogP contribution in [-0.4, -0.2) is 27.2 Å². The molecule has 2 N–H and O–H groups in total. The lowest BCUT2D eigenvalue weighted by Gasteiger charge is -2.26. The Balaban J connectivity index is 1.59. The summed E-state index contributed by atoms with van der Waals surface area (Å²) in [6, 6.07) is 19.5. The van der Waals surface area contributed by atoms with Gasteiger partial charge in [0.15, 0.2) is 0 Å². The highest BCUT2D eigenvalue weighted by Gasteiger charge is 2.25. The van der Waals surface area contributed by atoms with Crippen molar-refractivity contribution in [2.75, 3.05) is 17.6 Å². The predicted octanol–water partition coefficient (Wildman–Crippen LogP) is 5.03. The third kappa shape index (κ3) is 5.17. The van der Waals surface area contributed by atoms with Gasteiger partial charge in [0, 0.05) is 21.9 Å². The van der Waals surface area contributed by atoms with Crippen molar-refractivity contribution in [2.24, 2.45) is 0 Å². The number of sulfonamides is 1. The number of carbonyl (C=O) groups is 1. The zero-order valence-electron chi connectivity index (χ0n) is 18.5. The molecule has 1 heterocycles. The zero-order valence-corrected chi connectivity index (χ0v) is 20.1. The molecule has 0 spiro atoms. The number of nitrogens with one attached hydrogen (secondary N) is 2. The lowest BCUT2D eigenvalue weighted by Crippen LogP contribution is -2.30. The molecule has 8 heteroatoms. The molecule has 4 rings (SSSR count). The van der Waals surface area contributed by atoms with Crippen LogP contribution in [-0.2, 0) is 16.4 Å². The molecule has 1 aliphatic heterocycles. The number of aryl methyl sites for hydroxylation is 1. The highest BCUT2D eigenvalue weighted by atomic mass is 32.2. The topological polar surface area (TPSA) is 84.5 Å². The van der Waals surface area contributed by atoms with Gasteiger partial charge in [-0.05, 0) is 60.4 Å². The van der Waals surface area contributed by atoms with E-state index in [0.29, 0.717) is 5.69 Å². The van der Waals surface area contributed by atoms with Gasteiger partial charge in [-0.1, -0.05) is 37.3 Å². The van der Waals surface area contributed by atoms with Crippen molar-refractivity contribution >= 4 is 33.4 Å². The number of carbonyl (C=O) groups excluding carboxylic acids is 1. The number of hydrogen-bond donors (Lipinski definition) is 2. The van der Waals surface area contributed by atoms with Crippen LogP contribution in [0.3, 0.4) is 0 Å². The van der Waals surface area contributed by atoms with E-state index in [-0.39, 0.29) is 28.2 Å². The molecule has 0 bridgehead atoms. The Labute approximate surface area is 198 Å². The maximum absolute atomic E-state index is 13.1. The third-order valence-electron chi connectivity index (χ3n) is 5.59. The van der Waals surface area contributed by atoms with E-state index in [4.69, 9.17) is 4.74 Å². The molecule has 1 unspecified atom stereocenters. The van der Waals surface area contributed by atoms with Gasteiger partial charge >= 0.3 is 0 Å². The van der Waals surface area contributed by atoms with Crippen molar-refractivity contribution in [3.05, 3.63) is 83.4 Å². The highest BCUT2D eigenvalue weighted by molar-refractivity contribution is 7.99. The molecular weight excluding hydrogens is 456 g/mol. The smallest absolute Gasteiger partial charge is 0.265 e. The number of thioether (sulfide) groups is 1. The van der Waals surface area contributed by atoms with Gasteiger partial charge in [0.25, 0.3) is 15.9 Å². The fourth-order valence-electron chi connectivity index (χ4n) is 3.78. The summed E-state index contributed by atoms with van der Waals surface area (Å²) in [5, 5.41) is 3.06. The van der Waals surface area contributed by atoms with Crippen LogP contribution in [0.15, 0.2) is 76.5 Å². The van der Waals surface area contributed by atoms with Crippen LogP contribution in [0.25, 0.3) is 0 Å². The standard InChI is InChI=1S/C25H26N2O4S2/c1-3-17-8-11-19(12-9-17)27-33(29,30)24-16-18(10-13-22(24)31-2)25(28)26-21-14-15-32-23-7-5-4-6-20(21)23/h4-13,16,21,27H,3,14-15H2,1-2H3,(H,26,28). The summed E-state index contributed by atoms with van der Waals surface area (Å²) < 4.78 is 34.1. The van der Waals surface area contributed by atoms with Crippen LogP contribution < -0.4 is 14.8 Å². The number of ether oxygens (including phenoxy) is 1. The van der Waals surface area contributed by atoms with Gasteiger partial charge in [0.2, 0.25) is 0 Å². The van der Waals surface area contributed by atoms with Crippen molar-refractivity contribution < 1.29 is 17.9 Å². The first-order chi connectivity index (χ1) is 15.9. The first-order valence-corrected chi connectivity index (χ1v) is 13.2. The second kappa shape index (κ2) is 9.89. The number of rotatable bonds is 7. The van der Waals surface area contributed by atoms with Crippen molar-refractivity contribution in [3.63, 3.8) is 0 Å². The Bertz CT molecular complexity index is 1260. The minimum Gasteiger partial charge on any atom is -0.495 e. The Morgan fingerprint density at radius 3 is 2.58 bits per heavy atom. The largest absolute Gasteiger partial charge is 0.495 e. The molecule has 3 aromatic rings. The summed E-state index contributed by atoms with van der Waals surface area (Å²) in [5.41, 5.74) is 2.89. The first-order valence-electron chi connectivity index (χ1n) is 10.7. The molecular formula is C25H26N2O4S2. The van der Waals surface area contributed by atoms with E-state index in [0.717, 1.165) is 34.6 Å². The molecule has 0 radical (unpaired) electrons. The normalized spacial score (nSPS) is 15.4. The number of benzene rings is 3. The number of fused-ring (bicyclic) bond motifs is 1. The molecule has 0 fully saturated rings. The Morgan fingerprint density at radius 2 is 1.85 bits per heavy atom. The van der Waals surface area contributed by atoms with Gasteiger partial charge in [-0.3, -0.25) is 9.52 Å². The van der Waals surface area contributed by atoms with Crippen LogP contribution in [0.5, 0.6) is 5.75 Å². The highest BCUT2D eigenvalue weighted by Crippen LogP contribution is 2.36. The molecule has 0 saturated heterocycles. The summed E-state index contributed by atoms with van der Waals surface area (Å²) in [5.74, 6) is 0.752. The third-order valence-corrected chi connectivity index (χ3v) is 8.12. The predicted molar refractivity (Wildman–Crippen MR) is 132 cm³/mol. The minimum atomic E-state index is -3.97. The van der Waals surface area contributed by atoms with Crippen molar-refractivity contribution in [1.29, 1.82) is 0 Å². The molecule has 0 aliphatic carbocycles. The van der Waals surface area contributed by atoms with Crippen molar-refractivity contribution in [3.8, 4) is 5.75 Å². The summed E-state index contributed by atoms with van der Waals surface area (Å²) in [4.78, 5) is 14.1. The maximum Gasteiger partial charge on any atom is 0.265 e. The number of amides is 1. The van der Waals surface area contributed by atoms with Crippen LogP contribution in [0, 0.1) is 0 Å². The quantitative estimate of drug-likeness (QED) is 0.494. The molecule has 3 aromatic carbocycles. The van der Waals surface area contributed by atoms with Crippen molar-refractivity contribution in [2.45, 2.75) is 35.6 Å². The van der Waals surface area contributed by atoms with Gasteiger partial charge in [-0.15, -0.1) is 11.8 Å². The monoisotopic (exact) mass is 482 g/mol. The summed E-state index contributed by atoms with van der Waals surface area (Å²) >= 11 is 1.77. The Morgan fingerprint density at radius 1 is 1.09 bits per heavy atom. The Kier molecular flexibility index (Phi) is 6.95. The minimum absolute atomic E-state index is 0.0863. The average Bonchev–Trinajstić information content (AvgIpc) is 2.84. The van der Waals surface area contributed by atoms with Gasteiger partial charge in [-0.25, -0.2) is 8.42 Å². The van der Waals surface area contributed by atoms with E-state index >= 15 is 0 Å². The van der Waals surface area contributed by atoms with E-state index < -0.39 is 10.0 Å². The average molecular weight is 483 g/mol. The molecule has 1 atom stereocenters. The van der Waals surface area contributed by atoms with Crippen LogP contribution in [0.1, 0.15) is 40.9 Å². The molecule has 0 aromatic heterocycles. The van der Waals surface area contributed by atoms with Gasteiger partial charge in [-0.2, -0.15) is 0 Å². The van der Waals surface area contributed by atoms with E-state index in [1.165, 1.54) is 19.2 Å². The second-order valence-corrected chi connectivity index (χ2v) is 10.5. The molecule has 0 saturated carbocycles. The van der Waals surface area contributed by atoms with E-state index in [2.05, 4.69) is 16.1 Å². The second-order valence-electron chi connectivity index (χ2n) is 7.72. The number of anilines is 1. The number of hydrogen-bond acceptors (Lipinski definition) is 5. The summed E-state index contributed by atoms with van der Waals surface area (Å²) in [7, 11) is -2.57. The maximum atomic E-state index is 13.1. The van der Waals surface area contributed by atoms with Gasteiger partial charge in [0.1, 0.15) is 10.6 Å². The molecule has 172 valence electrons. The molecule has 6 nitrogen and oxygen atoms in total. The lowest BCUT2D eigenvalue weighted by atomic mass is 10.0. The lowest BCUT2D eigenvalue weighted by molar-refractivity contribution is 0.0934. The first kappa shape index (κ1) is 23.2. The summed E-state index contributed by atoms with van der Waals surface area (Å²) in [6.45, 7) is 2.03. The van der Waals surface area contributed by atoms with Crippen LogP contribution in [0.4, 0.5) is 5.69 Å². The summed E-state index contributed by atoms with van der Waals surface area (Å²) in [6.07, 6.45) is 1.67. The Hall–Kier alpha value is -2.97. The van der Waals surface area contributed by atoms with E-state index in [1.807, 2.05) is 37.3 Å². The van der Waals surface area contributed by atoms with E-state index in [9.17, 15) is 13.2 Å². The number of methoxy groups -OCH3 is 1. The zero-order chi connectivity index (χ0) is 23.4. The van der Waals surface area contributed by atoms with Gasteiger partial charge < -0.3 is 10.1 Å². The molecule has 1 amide bonds. The van der Waals surface area contributed by atoms with Crippen molar-refractivity contribution in [1.82, 2.24) is 5.32 Å². The molecule has 1 aliphatic rings. The fraction of sp³-hybridized carbons (Fsp3) is 0.240. The van der Waals surface area contributed by atoms with Crippen LogP contribution >= 0.6 is 11.8 Å². The van der Waals surface area contributed by atoms with Gasteiger partial charge in [0.05, 0.1) is 13.2 Å². The van der Waals surface area contributed by atoms with E-state index in [1.54, 1.807) is 30.0 Å². The fourth-order valence-corrected chi connectivity index (χ4v) is 6.16. The SMILES string of the molecule is CCc1ccc(NS(=O)(=O)c2cc(C(=O)NC3CCSc4ccccc43)ccc2OC)cc1. The molecule has 33 heavy (non-hydrogen) atoms. The van der Waals surface area contributed by atoms with Crippen LogP contribution in [0.2, 0.25) is 0 Å².